The van der Waals surface area contributed by atoms with Crippen molar-refractivity contribution in [3.05, 3.63) is 88.4 Å². The second-order valence-electron chi connectivity index (χ2n) is 9.89. The number of benzene rings is 2. The normalized spacial score (nSPS) is 17.4. The molecule has 40 heavy (non-hydrogen) atoms. The predicted octanol–water partition coefficient (Wildman–Crippen LogP) is 4.97. The summed E-state index contributed by atoms with van der Waals surface area (Å²) >= 11 is 5.83. The molecule has 4 heterocycles. The third kappa shape index (κ3) is 5.70. The van der Waals surface area contributed by atoms with E-state index in [-0.39, 0.29) is 18.3 Å². The van der Waals surface area contributed by atoms with Crippen LogP contribution in [0.2, 0.25) is 5.02 Å². The van der Waals surface area contributed by atoms with Crippen LogP contribution in [-0.4, -0.2) is 61.3 Å². The van der Waals surface area contributed by atoms with Crippen LogP contribution >= 0.6 is 11.6 Å². The highest BCUT2D eigenvalue weighted by Crippen LogP contribution is 2.26. The molecule has 6 rings (SSSR count). The van der Waals surface area contributed by atoms with Crippen molar-refractivity contribution < 1.29 is 23.8 Å². The molecule has 0 aliphatic carbocycles. The van der Waals surface area contributed by atoms with Gasteiger partial charge in [0, 0.05) is 42.5 Å². The van der Waals surface area contributed by atoms with Crippen LogP contribution in [0.4, 0.5) is 4.39 Å². The first-order valence-electron chi connectivity index (χ1n) is 13.1. The van der Waals surface area contributed by atoms with Crippen LogP contribution in [0.1, 0.15) is 40.4 Å². The number of nitrogens with zero attached hydrogens (tertiary/aromatic N) is 5. The summed E-state index contributed by atoms with van der Waals surface area (Å²) in [5.74, 6) is 0.456. The molecule has 1 atom stereocenters. The number of halogens is 2. The Kier molecular flexibility index (Phi) is 7.46. The van der Waals surface area contributed by atoms with Gasteiger partial charge in [0.25, 0.3) is 0 Å². The van der Waals surface area contributed by atoms with Crippen LogP contribution in [0.5, 0.6) is 5.88 Å². The van der Waals surface area contributed by atoms with Crippen molar-refractivity contribution in [1.82, 2.24) is 24.4 Å². The Morgan fingerprint density at radius 2 is 2.08 bits per heavy atom. The number of aromatic nitrogens is 4. The maximum atomic E-state index is 14.1. The fourth-order valence-electron chi connectivity index (χ4n) is 4.89. The molecule has 1 saturated heterocycles. The first kappa shape index (κ1) is 26.4. The Morgan fingerprint density at radius 1 is 1.20 bits per heavy atom. The lowest BCUT2D eigenvalue weighted by Gasteiger charge is -2.29. The highest BCUT2D eigenvalue weighted by Gasteiger charge is 2.24. The van der Waals surface area contributed by atoms with Gasteiger partial charge in [-0.3, -0.25) is 4.90 Å². The zero-order chi connectivity index (χ0) is 27.6. The van der Waals surface area contributed by atoms with E-state index < -0.39 is 11.8 Å². The summed E-state index contributed by atoms with van der Waals surface area (Å²) in [5, 5.41) is 9.81. The number of hydrogen-bond donors (Lipinski definition) is 1. The van der Waals surface area contributed by atoms with Crippen LogP contribution in [-0.2, 0) is 24.4 Å². The zero-order valence-corrected chi connectivity index (χ0v) is 22.4. The molecule has 2 aliphatic heterocycles. The summed E-state index contributed by atoms with van der Waals surface area (Å²) in [6.45, 7) is 3.50. The Balaban J connectivity index is 1.15. The van der Waals surface area contributed by atoms with E-state index in [0.717, 1.165) is 48.4 Å². The van der Waals surface area contributed by atoms with Crippen LogP contribution in [0.3, 0.4) is 0 Å². The van der Waals surface area contributed by atoms with Crippen molar-refractivity contribution in [2.24, 2.45) is 0 Å². The molecule has 1 N–H and O–H groups in total. The van der Waals surface area contributed by atoms with E-state index in [4.69, 9.17) is 26.1 Å². The molecule has 2 aromatic heterocycles. The molecule has 0 spiro atoms. The van der Waals surface area contributed by atoms with Crippen molar-refractivity contribution >= 4 is 34.2 Å². The fourth-order valence-corrected chi connectivity index (χ4v) is 5.05. The molecule has 2 aromatic carbocycles. The van der Waals surface area contributed by atoms with E-state index in [1.165, 1.54) is 6.07 Å². The second-order valence-corrected chi connectivity index (χ2v) is 10.3. The molecule has 0 bridgehead atoms. The Labute approximate surface area is 234 Å². The first-order valence-corrected chi connectivity index (χ1v) is 13.5. The number of hydrogen-bond acceptors (Lipinski definition) is 7. The number of rotatable bonds is 9. The van der Waals surface area contributed by atoms with Gasteiger partial charge in [0.1, 0.15) is 18.2 Å². The number of carboxylic acid groups (broad SMARTS) is 1. The lowest BCUT2D eigenvalue weighted by molar-refractivity contribution is -0.0591. The highest BCUT2D eigenvalue weighted by molar-refractivity contribution is 6.30. The average Bonchev–Trinajstić information content (AvgIpc) is 3.26. The molecule has 0 amide bonds. The minimum Gasteiger partial charge on any atom is -0.478 e. The fraction of sp³-hybridized carbons (Fsp3) is 0.310. The van der Waals surface area contributed by atoms with Crippen molar-refractivity contribution in [1.29, 1.82) is 0 Å². The standard InChI is InChI=1S/C29H27ClFN5O4/c30-21-3-1-20(23(31)14-21)17-40-27-5-9-32-28(34-27)18-6-10-35(11-7-18)16-26-33-24-4-2-19(29(37)38)13-25(24)36(26)15-22-8-12-39-22/h1-6,9,13-14,22H,7-8,10-12,15-17H2,(H,37,38)/t22-/m0/s1. The van der Waals surface area contributed by atoms with Crippen LogP contribution in [0.15, 0.2) is 54.7 Å². The molecular weight excluding hydrogens is 537 g/mol. The van der Waals surface area contributed by atoms with Gasteiger partial charge in [-0.15, -0.1) is 0 Å². The van der Waals surface area contributed by atoms with Gasteiger partial charge >= 0.3 is 5.97 Å². The van der Waals surface area contributed by atoms with Crippen molar-refractivity contribution in [2.75, 3.05) is 19.7 Å². The van der Waals surface area contributed by atoms with Crippen molar-refractivity contribution in [2.45, 2.75) is 38.6 Å². The van der Waals surface area contributed by atoms with Gasteiger partial charge in [0.05, 0.1) is 35.8 Å². The molecule has 2 aliphatic rings. The van der Waals surface area contributed by atoms with Crippen molar-refractivity contribution in [3.63, 3.8) is 0 Å². The van der Waals surface area contributed by atoms with E-state index in [0.29, 0.717) is 41.9 Å². The van der Waals surface area contributed by atoms with E-state index >= 15 is 0 Å². The van der Waals surface area contributed by atoms with Crippen LogP contribution < -0.4 is 4.74 Å². The van der Waals surface area contributed by atoms with Gasteiger partial charge in [0.15, 0.2) is 5.82 Å². The maximum Gasteiger partial charge on any atom is 0.335 e. The molecule has 0 saturated carbocycles. The lowest BCUT2D eigenvalue weighted by Crippen LogP contribution is -2.33. The van der Waals surface area contributed by atoms with Crippen LogP contribution in [0, 0.1) is 5.82 Å². The number of carbonyl (C=O) groups is 1. The molecule has 11 heteroatoms. The number of imidazole rings is 1. The summed E-state index contributed by atoms with van der Waals surface area (Å²) in [5.41, 5.74) is 3.23. The van der Waals surface area contributed by atoms with Crippen LogP contribution in [0.25, 0.3) is 16.6 Å². The minimum atomic E-state index is -0.960. The van der Waals surface area contributed by atoms with Gasteiger partial charge in [-0.05, 0) is 48.7 Å². The highest BCUT2D eigenvalue weighted by atomic mass is 35.5. The molecule has 0 radical (unpaired) electrons. The van der Waals surface area contributed by atoms with Gasteiger partial charge in [-0.1, -0.05) is 23.7 Å². The lowest BCUT2D eigenvalue weighted by atomic mass is 10.1. The molecule has 0 unspecified atom stereocenters. The van der Waals surface area contributed by atoms with E-state index in [1.807, 2.05) is 0 Å². The summed E-state index contributed by atoms with van der Waals surface area (Å²) in [6, 6.07) is 11.2. The zero-order valence-electron chi connectivity index (χ0n) is 21.6. The molecule has 4 aromatic rings. The molecule has 9 nitrogen and oxygen atoms in total. The minimum absolute atomic E-state index is 0.0349. The summed E-state index contributed by atoms with van der Waals surface area (Å²) in [6.07, 6.45) is 5.57. The molecule has 1 fully saturated rings. The second kappa shape index (κ2) is 11.3. The van der Waals surface area contributed by atoms with E-state index in [1.54, 1.807) is 42.6 Å². The Bertz CT molecular complexity index is 1600. The largest absolute Gasteiger partial charge is 0.478 e. The van der Waals surface area contributed by atoms with Gasteiger partial charge < -0.3 is 19.1 Å². The smallest absolute Gasteiger partial charge is 0.335 e. The Hall–Kier alpha value is -3.86. The van der Waals surface area contributed by atoms with Gasteiger partial charge in [-0.2, -0.15) is 4.98 Å². The summed E-state index contributed by atoms with van der Waals surface area (Å²) in [7, 11) is 0. The maximum absolute atomic E-state index is 14.1. The first-order chi connectivity index (χ1) is 19.4. The topological polar surface area (TPSA) is 103 Å². The number of aromatic carboxylic acids is 1. The number of fused-ring (bicyclic) bond motifs is 1. The number of carboxylic acids is 1. The summed E-state index contributed by atoms with van der Waals surface area (Å²) in [4.78, 5) is 27.6. The molecular formula is C29H27ClFN5O4. The third-order valence-corrected chi connectivity index (χ3v) is 7.46. The monoisotopic (exact) mass is 563 g/mol. The average molecular weight is 564 g/mol. The van der Waals surface area contributed by atoms with Crippen molar-refractivity contribution in [3.8, 4) is 5.88 Å². The molecule has 206 valence electrons. The number of ether oxygens (including phenoxy) is 2. The Morgan fingerprint density at radius 3 is 2.80 bits per heavy atom. The van der Waals surface area contributed by atoms with E-state index in [2.05, 4.69) is 25.5 Å². The SMILES string of the molecule is O=C(O)c1ccc2nc(CN3CC=C(c4nccc(OCc5ccc(Cl)cc5F)n4)CC3)n(C[C@@H]3CCO3)c2c1. The van der Waals surface area contributed by atoms with E-state index in [9.17, 15) is 14.3 Å². The third-order valence-electron chi connectivity index (χ3n) is 7.22. The predicted molar refractivity (Wildman–Crippen MR) is 147 cm³/mol. The van der Waals surface area contributed by atoms with Gasteiger partial charge in [-0.25, -0.2) is 19.2 Å². The summed E-state index contributed by atoms with van der Waals surface area (Å²) < 4.78 is 27.6. The quantitative estimate of drug-likeness (QED) is 0.304. The van der Waals surface area contributed by atoms with Gasteiger partial charge in [0.2, 0.25) is 5.88 Å².